The van der Waals surface area contributed by atoms with Crippen molar-refractivity contribution in [2.75, 3.05) is 0 Å². The van der Waals surface area contributed by atoms with Crippen LogP contribution in [0.4, 0.5) is 0 Å². The Morgan fingerprint density at radius 3 is 1.17 bits per heavy atom. The highest BCUT2D eigenvalue weighted by Crippen LogP contribution is 2.37. The van der Waals surface area contributed by atoms with Crippen LogP contribution in [0.1, 0.15) is 48.9 Å². The van der Waals surface area contributed by atoms with Gasteiger partial charge in [0.1, 0.15) is 0 Å². The van der Waals surface area contributed by atoms with Crippen molar-refractivity contribution in [1.82, 2.24) is 0 Å². The minimum absolute atomic E-state index is 0.568. The van der Waals surface area contributed by atoms with Gasteiger partial charge in [0.15, 0.2) is 0 Å². The van der Waals surface area contributed by atoms with Crippen molar-refractivity contribution < 1.29 is 0 Å². The van der Waals surface area contributed by atoms with Crippen molar-refractivity contribution in [3.8, 4) is 0 Å². The van der Waals surface area contributed by atoms with Crippen molar-refractivity contribution in [3.05, 3.63) is 150 Å². The largest absolute Gasteiger partial charge is 0.0906 e. The maximum atomic E-state index is 4.10. The molecule has 0 radical (unpaired) electrons. The molecule has 4 rings (SSSR count). The maximum Gasteiger partial charge on any atom is 0.0537 e. The van der Waals surface area contributed by atoms with Crippen LogP contribution >= 0.6 is 0 Å². The molecule has 4 aromatic rings. The van der Waals surface area contributed by atoms with Crippen molar-refractivity contribution in [2.45, 2.75) is 50.9 Å². The fraction of sp³-hybridized carbons (Fsp3) is 0.235. The fourth-order valence-corrected chi connectivity index (χ4v) is 8.56. The quantitative estimate of drug-likeness (QED) is 0.211. The van der Waals surface area contributed by atoms with Gasteiger partial charge in [0.2, 0.25) is 0 Å². The van der Waals surface area contributed by atoms with Gasteiger partial charge in [-0.1, -0.05) is 167 Å². The van der Waals surface area contributed by atoms with Crippen LogP contribution in [0.2, 0.25) is 24.2 Å². The zero-order valence-corrected chi connectivity index (χ0v) is 22.7. The fourth-order valence-electron chi connectivity index (χ4n) is 4.86. The average molecular weight is 477 g/mol. The van der Waals surface area contributed by atoms with E-state index in [0.717, 1.165) is 5.57 Å². The molecule has 0 aromatic heterocycles. The van der Waals surface area contributed by atoms with Crippen molar-refractivity contribution in [2.24, 2.45) is 0 Å². The van der Waals surface area contributed by atoms with Crippen LogP contribution in [0.5, 0.6) is 0 Å². The first-order chi connectivity index (χ1) is 17.1. The van der Waals surface area contributed by atoms with E-state index in [1.54, 1.807) is 0 Å². The molecule has 0 unspecified atom stereocenters. The highest BCUT2D eigenvalue weighted by Gasteiger charge is 2.31. The summed E-state index contributed by atoms with van der Waals surface area (Å²) in [5, 5.41) is 0. The normalized spacial score (nSPS) is 11.0. The third kappa shape index (κ3) is 7.41. The van der Waals surface area contributed by atoms with E-state index in [1.807, 2.05) is 36.4 Å². The lowest BCUT2D eigenvalue weighted by atomic mass is 9.93. The second kappa shape index (κ2) is 13.7. The lowest BCUT2D eigenvalue weighted by Gasteiger charge is -2.33. The Morgan fingerprint density at radius 2 is 0.857 bits per heavy atom. The molecule has 0 fully saturated rings. The molecule has 0 aliphatic carbocycles. The minimum Gasteiger partial charge on any atom is -0.0906 e. The summed E-state index contributed by atoms with van der Waals surface area (Å²) in [6.45, 7) is 11.3. The molecule has 0 bridgehead atoms. The molecule has 0 nitrogen and oxygen atoms in total. The molecule has 0 aliphatic heterocycles. The second-order valence-corrected chi connectivity index (χ2v) is 14.9. The van der Waals surface area contributed by atoms with E-state index < -0.39 is 8.07 Å². The maximum absolute atomic E-state index is 4.10. The van der Waals surface area contributed by atoms with Gasteiger partial charge in [-0.05, 0) is 33.9 Å². The molecule has 4 aromatic carbocycles. The first kappa shape index (κ1) is 26.4. The van der Waals surface area contributed by atoms with Crippen molar-refractivity contribution >= 4 is 13.6 Å². The smallest absolute Gasteiger partial charge is 0.0537 e. The van der Waals surface area contributed by atoms with E-state index in [1.165, 1.54) is 46.4 Å². The van der Waals surface area contributed by atoms with E-state index in [9.17, 15) is 0 Å². The highest BCUT2D eigenvalue weighted by molar-refractivity contribution is 6.79. The zero-order chi connectivity index (χ0) is 24.9. The molecule has 0 spiro atoms. The topological polar surface area (TPSA) is 0 Å². The summed E-state index contributed by atoms with van der Waals surface area (Å²) in [4.78, 5) is 0. The molecule has 0 N–H and O–H groups in total. The van der Waals surface area contributed by atoms with Gasteiger partial charge < -0.3 is 0 Å². The molecule has 0 atom stereocenters. The molecule has 0 aliphatic rings. The second-order valence-electron chi connectivity index (χ2n) is 9.35. The lowest BCUT2D eigenvalue weighted by molar-refractivity contribution is 0.875. The van der Waals surface area contributed by atoms with Crippen LogP contribution in [-0.4, -0.2) is 8.07 Å². The predicted molar refractivity (Wildman–Crippen MR) is 158 cm³/mol. The molecule has 0 saturated heterocycles. The molecule has 0 heterocycles. The summed E-state index contributed by atoms with van der Waals surface area (Å²) >= 11 is 0. The van der Waals surface area contributed by atoms with Crippen LogP contribution in [-0.2, 0) is 0 Å². The standard InChI is InChI=1S/C20H28Si.C14H12/c1-4-21(5-2,6-3)17-20(18-13-9-7-10-14-18)19-15-11-8-12-16-19;1-12(13-8-4-2-5-9-13)14-10-6-3-7-11-14/h7-16,20H,4-6,17H2,1-3H3;2-11H,1H2. The average Bonchev–Trinajstić information content (AvgIpc) is 2.96. The summed E-state index contributed by atoms with van der Waals surface area (Å²) in [7, 11) is -1.15. The van der Waals surface area contributed by atoms with Crippen LogP contribution in [0.15, 0.2) is 128 Å². The van der Waals surface area contributed by atoms with E-state index in [2.05, 4.69) is 112 Å². The number of benzene rings is 4. The summed E-state index contributed by atoms with van der Waals surface area (Å²) in [5.74, 6) is 0.568. The van der Waals surface area contributed by atoms with Crippen LogP contribution in [0.3, 0.4) is 0 Å². The molecule has 0 saturated carbocycles. The monoisotopic (exact) mass is 476 g/mol. The third-order valence-electron chi connectivity index (χ3n) is 7.54. The lowest BCUT2D eigenvalue weighted by Crippen LogP contribution is -2.33. The van der Waals surface area contributed by atoms with Crippen molar-refractivity contribution in [3.63, 3.8) is 0 Å². The first-order valence-corrected chi connectivity index (χ1v) is 15.8. The minimum atomic E-state index is -1.15. The van der Waals surface area contributed by atoms with Crippen LogP contribution < -0.4 is 0 Å². The molecule has 180 valence electrons. The van der Waals surface area contributed by atoms with Gasteiger partial charge in [-0.2, -0.15) is 0 Å². The summed E-state index contributed by atoms with van der Waals surface area (Å²) in [6.07, 6.45) is 0. The third-order valence-corrected chi connectivity index (χ3v) is 13.3. The van der Waals surface area contributed by atoms with Gasteiger partial charge in [-0.15, -0.1) is 0 Å². The Kier molecular flexibility index (Phi) is 10.3. The summed E-state index contributed by atoms with van der Waals surface area (Å²) < 4.78 is 0. The molecular weight excluding hydrogens is 436 g/mol. The molecular formula is C34H40Si. The Labute approximate surface area is 214 Å². The van der Waals surface area contributed by atoms with Gasteiger partial charge in [-0.25, -0.2) is 0 Å². The summed E-state index contributed by atoms with van der Waals surface area (Å²) in [5.41, 5.74) is 6.40. The Morgan fingerprint density at radius 1 is 0.543 bits per heavy atom. The summed E-state index contributed by atoms with van der Waals surface area (Å²) in [6, 6.07) is 48.2. The van der Waals surface area contributed by atoms with Gasteiger partial charge >= 0.3 is 0 Å². The van der Waals surface area contributed by atoms with E-state index in [4.69, 9.17) is 0 Å². The Bertz CT molecular complexity index is 1030. The van der Waals surface area contributed by atoms with E-state index in [-0.39, 0.29) is 0 Å². The Hall–Kier alpha value is -3.16. The van der Waals surface area contributed by atoms with Gasteiger partial charge in [0.25, 0.3) is 0 Å². The first-order valence-electron chi connectivity index (χ1n) is 13.0. The van der Waals surface area contributed by atoms with Crippen molar-refractivity contribution in [1.29, 1.82) is 0 Å². The van der Waals surface area contributed by atoms with Gasteiger partial charge in [0.05, 0.1) is 8.07 Å². The molecule has 35 heavy (non-hydrogen) atoms. The Balaban J connectivity index is 0.000000211. The molecule has 0 amide bonds. The van der Waals surface area contributed by atoms with E-state index >= 15 is 0 Å². The van der Waals surface area contributed by atoms with E-state index in [0.29, 0.717) is 5.92 Å². The van der Waals surface area contributed by atoms with Gasteiger partial charge in [-0.3, -0.25) is 0 Å². The molecule has 1 heteroatoms. The van der Waals surface area contributed by atoms with Crippen LogP contribution in [0.25, 0.3) is 5.57 Å². The number of hydrogen-bond donors (Lipinski definition) is 0. The number of hydrogen-bond acceptors (Lipinski definition) is 0. The van der Waals surface area contributed by atoms with Crippen LogP contribution in [0, 0.1) is 0 Å². The zero-order valence-electron chi connectivity index (χ0n) is 21.7. The highest BCUT2D eigenvalue weighted by atomic mass is 28.3. The predicted octanol–water partition coefficient (Wildman–Crippen LogP) is 10.1. The SMILES string of the molecule is C=C(c1ccccc1)c1ccccc1.CC[Si](CC)(CC)CC(c1ccccc1)c1ccccc1. The van der Waals surface area contributed by atoms with Gasteiger partial charge in [0, 0.05) is 5.92 Å². The number of rotatable bonds is 9.